The van der Waals surface area contributed by atoms with Crippen molar-refractivity contribution in [1.29, 1.82) is 0 Å². The Morgan fingerprint density at radius 2 is 2.11 bits per heavy atom. The molecular weight excluding hydrogens is 322 g/mol. The van der Waals surface area contributed by atoms with Crippen LogP contribution in [0, 0.1) is 0 Å². The molecule has 0 aliphatic rings. The van der Waals surface area contributed by atoms with Crippen molar-refractivity contribution in [2.24, 2.45) is 0 Å². The van der Waals surface area contributed by atoms with Gasteiger partial charge < -0.3 is 10.0 Å². The van der Waals surface area contributed by atoms with Crippen molar-refractivity contribution >= 4 is 27.8 Å². The molecule has 8 nitrogen and oxygen atoms in total. The maximum atomic E-state index is 11.8. The highest BCUT2D eigenvalue weighted by atomic mass is 79.9. The second kappa shape index (κ2) is 5.83. The molecule has 0 aromatic carbocycles. The van der Waals surface area contributed by atoms with E-state index in [1.807, 2.05) is 4.98 Å². The number of nitrogens with one attached hydrogen (secondary N) is 1. The second-order valence-corrected chi connectivity index (χ2v) is 4.74. The number of halogens is 1. The summed E-state index contributed by atoms with van der Waals surface area (Å²) in [6.07, 6.45) is 1.18. The molecule has 19 heavy (non-hydrogen) atoms. The average molecular weight is 334 g/mol. The van der Waals surface area contributed by atoms with E-state index in [9.17, 15) is 19.2 Å². The second-order valence-electron chi connectivity index (χ2n) is 3.88. The molecule has 0 aliphatic heterocycles. The van der Waals surface area contributed by atoms with Crippen molar-refractivity contribution in [2.75, 3.05) is 7.05 Å². The van der Waals surface area contributed by atoms with Crippen molar-refractivity contribution in [1.82, 2.24) is 14.5 Å². The SMILES string of the molecule is CC(C(=O)O)N(C)C(=O)Cn1cc(Br)c(=O)[nH]c1=O. The number of carbonyl (C=O) groups is 2. The summed E-state index contributed by atoms with van der Waals surface area (Å²) in [6.45, 7) is 0.994. The number of aromatic nitrogens is 2. The first-order valence-electron chi connectivity index (χ1n) is 5.21. The van der Waals surface area contributed by atoms with Gasteiger partial charge in [0.15, 0.2) is 0 Å². The molecule has 1 aromatic heterocycles. The highest BCUT2D eigenvalue weighted by Crippen LogP contribution is 2.01. The number of aromatic amines is 1. The van der Waals surface area contributed by atoms with Gasteiger partial charge in [0.05, 0.1) is 4.47 Å². The molecule has 1 amide bonds. The summed E-state index contributed by atoms with van der Waals surface area (Å²) in [6, 6.07) is -1.01. The highest BCUT2D eigenvalue weighted by molar-refractivity contribution is 9.10. The summed E-state index contributed by atoms with van der Waals surface area (Å²) >= 11 is 2.94. The smallest absolute Gasteiger partial charge is 0.328 e. The first kappa shape index (κ1) is 15.2. The Balaban J connectivity index is 2.95. The lowest BCUT2D eigenvalue weighted by Crippen LogP contribution is -2.43. The zero-order chi connectivity index (χ0) is 14.7. The lowest BCUT2D eigenvalue weighted by molar-refractivity contribution is -0.148. The Morgan fingerprint density at radius 1 is 1.53 bits per heavy atom. The number of hydrogen-bond acceptors (Lipinski definition) is 4. The number of carbonyl (C=O) groups excluding carboxylic acids is 1. The van der Waals surface area contributed by atoms with E-state index in [0.717, 1.165) is 9.47 Å². The number of carboxylic acids is 1. The minimum absolute atomic E-state index is 0.105. The lowest BCUT2D eigenvalue weighted by Gasteiger charge is -2.21. The van der Waals surface area contributed by atoms with Crippen molar-refractivity contribution in [3.63, 3.8) is 0 Å². The van der Waals surface area contributed by atoms with Crippen LogP contribution in [0.25, 0.3) is 0 Å². The van der Waals surface area contributed by atoms with Gasteiger partial charge >= 0.3 is 11.7 Å². The van der Waals surface area contributed by atoms with Gasteiger partial charge in [-0.1, -0.05) is 0 Å². The minimum atomic E-state index is -1.15. The number of carboxylic acid groups (broad SMARTS) is 1. The Morgan fingerprint density at radius 3 is 2.63 bits per heavy atom. The Bertz CT molecular complexity index is 620. The van der Waals surface area contributed by atoms with E-state index < -0.39 is 29.2 Å². The largest absolute Gasteiger partial charge is 0.480 e. The fraction of sp³-hybridized carbons (Fsp3) is 0.400. The predicted octanol–water partition coefficient (Wildman–Crippen LogP) is -0.769. The van der Waals surface area contributed by atoms with Gasteiger partial charge in [0, 0.05) is 13.2 Å². The molecule has 104 valence electrons. The number of hydrogen-bond donors (Lipinski definition) is 2. The number of H-pyrrole nitrogens is 1. The standard InChI is InChI=1S/C10H12BrN3O5/c1-5(9(17)18)13(2)7(15)4-14-3-6(11)8(16)12-10(14)19/h3,5H,4H2,1-2H3,(H,17,18)(H,12,16,19). The Kier molecular flexibility index (Phi) is 4.65. The van der Waals surface area contributed by atoms with Crippen LogP contribution in [0.5, 0.6) is 0 Å². The summed E-state index contributed by atoms with van der Waals surface area (Å²) in [5.41, 5.74) is -1.33. The van der Waals surface area contributed by atoms with Crippen LogP contribution in [-0.4, -0.2) is 44.5 Å². The molecule has 9 heteroatoms. The van der Waals surface area contributed by atoms with E-state index >= 15 is 0 Å². The Labute approximate surface area is 115 Å². The third kappa shape index (κ3) is 3.53. The van der Waals surface area contributed by atoms with E-state index in [1.54, 1.807) is 0 Å². The van der Waals surface area contributed by atoms with E-state index in [4.69, 9.17) is 5.11 Å². The van der Waals surface area contributed by atoms with Gasteiger partial charge in [0.1, 0.15) is 12.6 Å². The molecule has 0 spiro atoms. The average Bonchev–Trinajstić information content (AvgIpc) is 2.33. The van der Waals surface area contributed by atoms with E-state index in [2.05, 4.69) is 15.9 Å². The van der Waals surface area contributed by atoms with Crippen LogP contribution in [0.4, 0.5) is 0 Å². The third-order valence-corrected chi connectivity index (χ3v) is 3.17. The summed E-state index contributed by atoms with van der Waals surface area (Å²) in [5, 5.41) is 8.79. The zero-order valence-corrected chi connectivity index (χ0v) is 11.8. The molecule has 1 heterocycles. The van der Waals surface area contributed by atoms with Crippen molar-refractivity contribution < 1.29 is 14.7 Å². The number of amides is 1. The normalized spacial score (nSPS) is 11.9. The first-order chi connectivity index (χ1) is 8.73. The number of likely N-dealkylation sites (N-methyl/N-ethyl adjacent to an activating group) is 1. The van der Waals surface area contributed by atoms with E-state index in [0.29, 0.717) is 0 Å². The first-order valence-corrected chi connectivity index (χ1v) is 6.01. The van der Waals surface area contributed by atoms with Gasteiger partial charge in [-0.05, 0) is 22.9 Å². The maximum Gasteiger partial charge on any atom is 0.328 e. The third-order valence-electron chi connectivity index (χ3n) is 2.60. The lowest BCUT2D eigenvalue weighted by atomic mass is 10.3. The van der Waals surface area contributed by atoms with Gasteiger partial charge in [-0.2, -0.15) is 0 Å². The van der Waals surface area contributed by atoms with Crippen LogP contribution in [0.1, 0.15) is 6.92 Å². The molecule has 0 saturated carbocycles. The summed E-state index contributed by atoms with van der Waals surface area (Å²) in [4.78, 5) is 48.2. The molecular formula is C10H12BrN3O5. The summed E-state index contributed by atoms with van der Waals surface area (Å²) in [5.74, 6) is -1.71. The summed E-state index contributed by atoms with van der Waals surface area (Å²) in [7, 11) is 1.33. The molecule has 1 rings (SSSR count). The van der Waals surface area contributed by atoms with Crippen molar-refractivity contribution in [3.05, 3.63) is 31.5 Å². The van der Waals surface area contributed by atoms with Crippen LogP contribution < -0.4 is 11.2 Å². The minimum Gasteiger partial charge on any atom is -0.480 e. The van der Waals surface area contributed by atoms with Gasteiger partial charge in [-0.3, -0.25) is 19.1 Å². The molecule has 1 atom stereocenters. The topological polar surface area (TPSA) is 112 Å². The van der Waals surface area contributed by atoms with E-state index in [-0.39, 0.29) is 11.0 Å². The molecule has 2 N–H and O–H groups in total. The van der Waals surface area contributed by atoms with Crippen LogP contribution in [0.15, 0.2) is 20.3 Å². The van der Waals surface area contributed by atoms with Gasteiger partial charge in [-0.25, -0.2) is 9.59 Å². The fourth-order valence-electron chi connectivity index (χ4n) is 1.24. The van der Waals surface area contributed by atoms with Gasteiger partial charge in [-0.15, -0.1) is 0 Å². The summed E-state index contributed by atoms with van der Waals surface area (Å²) < 4.78 is 1.09. The molecule has 1 aromatic rings. The van der Waals surface area contributed by atoms with Gasteiger partial charge in [0.25, 0.3) is 5.56 Å². The number of aliphatic carboxylic acids is 1. The molecule has 0 aliphatic carbocycles. The van der Waals surface area contributed by atoms with Crippen molar-refractivity contribution in [3.8, 4) is 0 Å². The van der Waals surface area contributed by atoms with Crippen LogP contribution >= 0.6 is 15.9 Å². The van der Waals surface area contributed by atoms with Crippen LogP contribution in [0.2, 0.25) is 0 Å². The molecule has 0 radical (unpaired) electrons. The zero-order valence-electron chi connectivity index (χ0n) is 10.2. The molecule has 0 fully saturated rings. The van der Waals surface area contributed by atoms with Crippen LogP contribution in [-0.2, 0) is 16.1 Å². The van der Waals surface area contributed by atoms with Crippen LogP contribution in [0.3, 0.4) is 0 Å². The molecule has 1 unspecified atom stereocenters. The molecule has 0 saturated heterocycles. The quantitative estimate of drug-likeness (QED) is 0.751. The monoisotopic (exact) mass is 333 g/mol. The molecule has 0 bridgehead atoms. The predicted molar refractivity (Wildman–Crippen MR) is 68.9 cm³/mol. The van der Waals surface area contributed by atoms with E-state index in [1.165, 1.54) is 20.2 Å². The Hall–Kier alpha value is -1.90. The number of nitrogens with zero attached hydrogens (tertiary/aromatic N) is 2. The maximum absolute atomic E-state index is 11.8. The number of rotatable bonds is 4. The van der Waals surface area contributed by atoms with Gasteiger partial charge in [0.2, 0.25) is 5.91 Å². The van der Waals surface area contributed by atoms with Crippen molar-refractivity contribution in [2.45, 2.75) is 19.5 Å². The fourth-order valence-corrected chi connectivity index (χ4v) is 1.59. The highest BCUT2D eigenvalue weighted by Gasteiger charge is 2.22.